The molecular weight excluding hydrogens is 384 g/mol. The fraction of sp³-hybridized carbons (Fsp3) is 0.375. The summed E-state index contributed by atoms with van der Waals surface area (Å²) in [4.78, 5) is 0. The average molecular weight is 423 g/mol. The van der Waals surface area contributed by atoms with E-state index in [4.69, 9.17) is 0 Å². The normalized spacial score (nSPS) is 18.5. The Morgan fingerprint density at radius 2 is 1.44 bits per heavy atom. The van der Waals surface area contributed by atoms with Gasteiger partial charge >= 0.3 is 0 Å². The zero-order chi connectivity index (χ0) is 22.5. The van der Waals surface area contributed by atoms with Crippen molar-refractivity contribution in [2.45, 2.75) is 71.6 Å². The standard InChI is InChI=1S/C32H38/c1-5-23(2)6-9-26-10-14-30(15-11-26)32-21-20-31(22-25(32)4)29-18-16-28(17-19-29)27-12-7-24(3)8-13-27/h10-11,14-22,24,27H,2,5-9,12-13H2,1,3-4H3. The van der Waals surface area contributed by atoms with Crippen LogP contribution in [0, 0.1) is 12.8 Å². The van der Waals surface area contributed by atoms with Crippen LogP contribution in [-0.2, 0) is 6.42 Å². The summed E-state index contributed by atoms with van der Waals surface area (Å²) in [6.07, 6.45) is 8.69. The van der Waals surface area contributed by atoms with Crippen molar-refractivity contribution >= 4 is 0 Å². The van der Waals surface area contributed by atoms with Crippen LogP contribution in [0.1, 0.15) is 75.0 Å². The predicted molar refractivity (Wildman–Crippen MR) is 140 cm³/mol. The minimum atomic E-state index is 0.757. The first-order valence-corrected chi connectivity index (χ1v) is 12.5. The van der Waals surface area contributed by atoms with Crippen LogP contribution in [0.3, 0.4) is 0 Å². The Morgan fingerprint density at radius 3 is 2.06 bits per heavy atom. The third kappa shape index (κ3) is 5.41. The minimum Gasteiger partial charge on any atom is -0.0999 e. The molecule has 1 aliphatic rings. The molecule has 1 saturated carbocycles. The van der Waals surface area contributed by atoms with Gasteiger partial charge in [-0.25, -0.2) is 0 Å². The summed E-state index contributed by atoms with van der Waals surface area (Å²) in [5.41, 5.74) is 10.8. The third-order valence-corrected chi connectivity index (χ3v) is 7.49. The van der Waals surface area contributed by atoms with Crippen LogP contribution in [0.5, 0.6) is 0 Å². The lowest BCUT2D eigenvalue weighted by atomic mass is 9.79. The summed E-state index contributed by atoms with van der Waals surface area (Å²) >= 11 is 0. The van der Waals surface area contributed by atoms with Crippen LogP contribution in [0.15, 0.2) is 78.9 Å². The van der Waals surface area contributed by atoms with Crippen LogP contribution < -0.4 is 0 Å². The van der Waals surface area contributed by atoms with Crippen LogP contribution in [0.2, 0.25) is 0 Å². The van der Waals surface area contributed by atoms with Gasteiger partial charge in [-0.15, -0.1) is 0 Å². The Labute approximate surface area is 195 Å². The zero-order valence-electron chi connectivity index (χ0n) is 20.2. The summed E-state index contributed by atoms with van der Waals surface area (Å²) in [5.74, 6) is 1.66. The molecule has 32 heavy (non-hydrogen) atoms. The zero-order valence-corrected chi connectivity index (χ0v) is 20.2. The van der Waals surface area contributed by atoms with Gasteiger partial charge in [-0.05, 0) is 89.8 Å². The molecule has 0 nitrogen and oxygen atoms in total. The molecule has 4 rings (SSSR count). The van der Waals surface area contributed by atoms with Gasteiger partial charge in [0, 0.05) is 0 Å². The highest BCUT2D eigenvalue weighted by Gasteiger charge is 2.19. The van der Waals surface area contributed by atoms with Crippen LogP contribution in [0.25, 0.3) is 22.3 Å². The van der Waals surface area contributed by atoms with Crippen molar-refractivity contribution in [1.29, 1.82) is 0 Å². The van der Waals surface area contributed by atoms with Crippen molar-refractivity contribution < 1.29 is 0 Å². The van der Waals surface area contributed by atoms with Crippen molar-refractivity contribution in [2.75, 3.05) is 0 Å². The van der Waals surface area contributed by atoms with E-state index in [0.29, 0.717) is 0 Å². The van der Waals surface area contributed by atoms with Gasteiger partial charge in [-0.2, -0.15) is 0 Å². The quantitative estimate of drug-likeness (QED) is 0.332. The van der Waals surface area contributed by atoms with E-state index in [9.17, 15) is 0 Å². The SMILES string of the molecule is C=C(CC)CCc1ccc(-c2ccc(-c3ccc(C4CCC(C)CC4)cc3)cc2C)cc1. The summed E-state index contributed by atoms with van der Waals surface area (Å²) < 4.78 is 0. The van der Waals surface area contributed by atoms with Gasteiger partial charge in [0.1, 0.15) is 0 Å². The van der Waals surface area contributed by atoms with E-state index in [1.54, 1.807) is 0 Å². The van der Waals surface area contributed by atoms with Gasteiger partial charge in [0.05, 0.1) is 0 Å². The third-order valence-electron chi connectivity index (χ3n) is 7.49. The van der Waals surface area contributed by atoms with Gasteiger partial charge in [-0.1, -0.05) is 106 Å². The van der Waals surface area contributed by atoms with Gasteiger partial charge in [0.15, 0.2) is 0 Å². The molecule has 0 radical (unpaired) electrons. The maximum atomic E-state index is 4.13. The number of rotatable bonds is 7. The van der Waals surface area contributed by atoms with Crippen molar-refractivity contribution in [2.24, 2.45) is 5.92 Å². The molecule has 0 unspecified atom stereocenters. The van der Waals surface area contributed by atoms with Crippen molar-refractivity contribution in [1.82, 2.24) is 0 Å². The second-order valence-electron chi connectivity index (χ2n) is 9.91. The lowest BCUT2D eigenvalue weighted by Crippen LogP contribution is -2.10. The number of hydrogen-bond donors (Lipinski definition) is 0. The Morgan fingerprint density at radius 1 is 0.812 bits per heavy atom. The van der Waals surface area contributed by atoms with Crippen molar-refractivity contribution in [3.8, 4) is 22.3 Å². The summed E-state index contributed by atoms with van der Waals surface area (Å²) in [5, 5.41) is 0. The van der Waals surface area contributed by atoms with E-state index in [-0.39, 0.29) is 0 Å². The highest BCUT2D eigenvalue weighted by Crippen LogP contribution is 2.36. The Hall–Kier alpha value is -2.60. The molecule has 0 spiro atoms. The highest BCUT2D eigenvalue weighted by molar-refractivity contribution is 5.73. The molecule has 3 aromatic rings. The maximum Gasteiger partial charge on any atom is -0.0154 e. The second-order valence-corrected chi connectivity index (χ2v) is 9.91. The van der Waals surface area contributed by atoms with E-state index in [1.165, 1.54) is 70.2 Å². The average Bonchev–Trinajstić information content (AvgIpc) is 2.83. The molecule has 0 N–H and O–H groups in total. The van der Waals surface area contributed by atoms with Crippen molar-refractivity contribution in [3.05, 3.63) is 95.6 Å². The second kappa shape index (κ2) is 10.3. The minimum absolute atomic E-state index is 0.757. The molecule has 0 bridgehead atoms. The van der Waals surface area contributed by atoms with Gasteiger partial charge in [0.2, 0.25) is 0 Å². The highest BCUT2D eigenvalue weighted by atomic mass is 14.2. The molecule has 0 aliphatic heterocycles. The molecule has 0 saturated heterocycles. The topological polar surface area (TPSA) is 0 Å². The van der Waals surface area contributed by atoms with Crippen LogP contribution in [-0.4, -0.2) is 0 Å². The molecule has 0 amide bonds. The van der Waals surface area contributed by atoms with Crippen LogP contribution in [0.4, 0.5) is 0 Å². The molecule has 1 aliphatic carbocycles. The summed E-state index contributed by atoms with van der Waals surface area (Å²) in [6, 6.07) is 25.4. The molecule has 0 heteroatoms. The monoisotopic (exact) mass is 422 g/mol. The number of aryl methyl sites for hydroxylation is 2. The summed E-state index contributed by atoms with van der Waals surface area (Å²) in [6.45, 7) is 10.9. The molecule has 166 valence electrons. The van der Waals surface area contributed by atoms with Crippen LogP contribution >= 0.6 is 0 Å². The lowest BCUT2D eigenvalue weighted by molar-refractivity contribution is 0.348. The molecule has 3 aromatic carbocycles. The Bertz CT molecular complexity index is 1030. The maximum absolute atomic E-state index is 4.13. The van der Waals surface area contributed by atoms with E-state index >= 15 is 0 Å². The number of allylic oxidation sites excluding steroid dienone is 1. The molecular formula is C32H38. The Kier molecular flexibility index (Phi) is 7.30. The Balaban J connectivity index is 1.45. The van der Waals surface area contributed by atoms with E-state index in [0.717, 1.165) is 31.1 Å². The fourth-order valence-electron chi connectivity index (χ4n) is 5.06. The lowest BCUT2D eigenvalue weighted by Gasteiger charge is -2.26. The number of benzene rings is 3. The smallest absolute Gasteiger partial charge is 0.0154 e. The molecule has 0 atom stereocenters. The predicted octanol–water partition coefficient (Wildman–Crippen LogP) is 9.52. The first kappa shape index (κ1) is 22.6. The van der Waals surface area contributed by atoms with Crippen molar-refractivity contribution in [3.63, 3.8) is 0 Å². The molecule has 0 aromatic heterocycles. The van der Waals surface area contributed by atoms with E-state index in [1.807, 2.05) is 0 Å². The molecule has 1 fully saturated rings. The van der Waals surface area contributed by atoms with E-state index in [2.05, 4.69) is 94.1 Å². The van der Waals surface area contributed by atoms with E-state index < -0.39 is 0 Å². The van der Waals surface area contributed by atoms with Gasteiger partial charge in [-0.3, -0.25) is 0 Å². The first-order valence-electron chi connectivity index (χ1n) is 12.5. The number of hydrogen-bond acceptors (Lipinski definition) is 0. The first-order chi connectivity index (χ1) is 15.5. The largest absolute Gasteiger partial charge is 0.0999 e. The summed E-state index contributed by atoms with van der Waals surface area (Å²) in [7, 11) is 0. The van der Waals surface area contributed by atoms with Gasteiger partial charge in [0.25, 0.3) is 0 Å². The van der Waals surface area contributed by atoms with Gasteiger partial charge < -0.3 is 0 Å². The molecule has 0 heterocycles. The fourth-order valence-corrected chi connectivity index (χ4v) is 5.06.